The van der Waals surface area contributed by atoms with Gasteiger partial charge in [-0.15, -0.1) is 0 Å². The zero-order valence-electron chi connectivity index (χ0n) is 9.94. The van der Waals surface area contributed by atoms with Crippen molar-refractivity contribution >= 4 is 17.1 Å². The van der Waals surface area contributed by atoms with Crippen molar-refractivity contribution in [3.8, 4) is 0 Å². The lowest BCUT2D eigenvalue weighted by molar-refractivity contribution is 0.628. The van der Waals surface area contributed by atoms with Crippen molar-refractivity contribution < 1.29 is 4.39 Å². The minimum Gasteiger partial charge on any atom is -0.378 e. The summed E-state index contributed by atoms with van der Waals surface area (Å²) in [4.78, 5) is 2.04. The summed E-state index contributed by atoms with van der Waals surface area (Å²) in [6.07, 6.45) is 0. The van der Waals surface area contributed by atoms with Crippen LogP contribution in [0.5, 0.6) is 0 Å². The number of nitrogens with zero attached hydrogens (tertiary/aromatic N) is 1. The molecule has 2 aromatic carbocycles. The topological polar surface area (TPSA) is 15.3 Å². The second-order valence-electron chi connectivity index (χ2n) is 4.07. The van der Waals surface area contributed by atoms with Gasteiger partial charge in [-0.2, -0.15) is 0 Å². The molecule has 0 spiro atoms. The van der Waals surface area contributed by atoms with Crippen LogP contribution in [0, 0.1) is 5.82 Å². The van der Waals surface area contributed by atoms with E-state index in [0.29, 0.717) is 0 Å². The minimum absolute atomic E-state index is 0.224. The van der Waals surface area contributed by atoms with Crippen molar-refractivity contribution in [2.75, 3.05) is 24.3 Å². The third kappa shape index (κ3) is 2.97. The fourth-order valence-electron chi connectivity index (χ4n) is 1.54. The van der Waals surface area contributed by atoms with Crippen molar-refractivity contribution in [2.24, 2.45) is 0 Å². The third-order valence-corrected chi connectivity index (χ3v) is 2.52. The highest BCUT2D eigenvalue weighted by molar-refractivity contribution is 5.62. The van der Waals surface area contributed by atoms with Crippen LogP contribution in [0.4, 0.5) is 21.5 Å². The third-order valence-electron chi connectivity index (χ3n) is 2.52. The van der Waals surface area contributed by atoms with Gasteiger partial charge < -0.3 is 10.2 Å². The predicted molar refractivity (Wildman–Crippen MR) is 70.5 cm³/mol. The molecule has 2 rings (SSSR count). The molecule has 0 aliphatic rings. The average molecular weight is 230 g/mol. The zero-order valence-corrected chi connectivity index (χ0v) is 9.94. The molecule has 88 valence electrons. The second kappa shape index (κ2) is 4.87. The van der Waals surface area contributed by atoms with Crippen LogP contribution in [0.2, 0.25) is 0 Å². The van der Waals surface area contributed by atoms with Gasteiger partial charge in [-0.25, -0.2) is 4.39 Å². The lowest BCUT2D eigenvalue weighted by Gasteiger charge is -2.13. The Hall–Kier alpha value is -2.03. The van der Waals surface area contributed by atoms with Crippen molar-refractivity contribution in [2.45, 2.75) is 0 Å². The molecule has 0 saturated carbocycles. The summed E-state index contributed by atoms with van der Waals surface area (Å²) >= 11 is 0. The summed E-state index contributed by atoms with van der Waals surface area (Å²) in [6, 6.07) is 14.4. The van der Waals surface area contributed by atoms with Crippen LogP contribution in [-0.4, -0.2) is 14.1 Å². The first-order valence-corrected chi connectivity index (χ1v) is 5.45. The van der Waals surface area contributed by atoms with Crippen molar-refractivity contribution in [3.05, 3.63) is 54.3 Å². The Balaban J connectivity index is 2.11. The van der Waals surface area contributed by atoms with E-state index in [9.17, 15) is 4.39 Å². The van der Waals surface area contributed by atoms with Crippen LogP contribution < -0.4 is 10.2 Å². The molecule has 0 heterocycles. The van der Waals surface area contributed by atoms with E-state index >= 15 is 0 Å². The highest BCUT2D eigenvalue weighted by Gasteiger charge is 1.97. The number of anilines is 3. The van der Waals surface area contributed by atoms with E-state index in [2.05, 4.69) is 5.32 Å². The highest BCUT2D eigenvalue weighted by atomic mass is 19.1. The van der Waals surface area contributed by atoms with Gasteiger partial charge in [0, 0.05) is 31.2 Å². The van der Waals surface area contributed by atoms with Gasteiger partial charge >= 0.3 is 0 Å². The van der Waals surface area contributed by atoms with E-state index in [0.717, 1.165) is 17.1 Å². The van der Waals surface area contributed by atoms with Crippen LogP contribution in [0.15, 0.2) is 48.5 Å². The Morgan fingerprint density at radius 3 is 1.76 bits per heavy atom. The van der Waals surface area contributed by atoms with Crippen molar-refractivity contribution in [1.29, 1.82) is 0 Å². The second-order valence-corrected chi connectivity index (χ2v) is 4.07. The predicted octanol–water partition coefficient (Wildman–Crippen LogP) is 3.64. The van der Waals surface area contributed by atoms with Crippen LogP contribution >= 0.6 is 0 Å². The number of hydrogen-bond donors (Lipinski definition) is 1. The molecule has 0 fully saturated rings. The minimum atomic E-state index is -0.224. The van der Waals surface area contributed by atoms with E-state index in [-0.39, 0.29) is 5.82 Å². The normalized spacial score (nSPS) is 10.1. The number of benzene rings is 2. The van der Waals surface area contributed by atoms with Crippen molar-refractivity contribution in [3.63, 3.8) is 0 Å². The quantitative estimate of drug-likeness (QED) is 0.866. The Morgan fingerprint density at radius 2 is 1.29 bits per heavy atom. The standard InChI is InChI=1S/C14H15FN2/c1-17(2)14-9-7-13(8-10-14)16-12-5-3-11(15)4-6-12/h3-10,16H,1-2H3. The molecule has 1 N–H and O–H groups in total. The first-order valence-electron chi connectivity index (χ1n) is 5.45. The molecule has 0 aliphatic carbocycles. The smallest absolute Gasteiger partial charge is 0.123 e. The highest BCUT2D eigenvalue weighted by Crippen LogP contribution is 2.20. The molecule has 0 radical (unpaired) electrons. The number of rotatable bonds is 3. The van der Waals surface area contributed by atoms with Crippen molar-refractivity contribution in [1.82, 2.24) is 0 Å². The molecule has 0 saturated heterocycles. The fourth-order valence-corrected chi connectivity index (χ4v) is 1.54. The molecule has 2 nitrogen and oxygen atoms in total. The van der Waals surface area contributed by atoms with Crippen LogP contribution in [0.3, 0.4) is 0 Å². The molecule has 17 heavy (non-hydrogen) atoms. The largest absolute Gasteiger partial charge is 0.378 e. The van der Waals surface area contributed by atoms with Gasteiger partial charge in [0.25, 0.3) is 0 Å². The van der Waals surface area contributed by atoms with Crippen LogP contribution in [-0.2, 0) is 0 Å². The summed E-state index contributed by atoms with van der Waals surface area (Å²) in [5.41, 5.74) is 3.01. The maximum Gasteiger partial charge on any atom is 0.123 e. The summed E-state index contributed by atoms with van der Waals surface area (Å²) in [5, 5.41) is 3.21. The van der Waals surface area contributed by atoms with E-state index in [1.54, 1.807) is 12.1 Å². The Kier molecular flexibility index (Phi) is 3.28. The molecule has 0 aromatic heterocycles. The van der Waals surface area contributed by atoms with E-state index < -0.39 is 0 Å². The first kappa shape index (κ1) is 11.5. The van der Waals surface area contributed by atoms with E-state index in [1.165, 1.54) is 12.1 Å². The average Bonchev–Trinajstić information content (AvgIpc) is 2.33. The molecule has 0 bridgehead atoms. The van der Waals surface area contributed by atoms with Gasteiger partial charge in [-0.05, 0) is 48.5 Å². The molecule has 2 aromatic rings. The zero-order chi connectivity index (χ0) is 12.3. The number of halogens is 1. The first-order chi connectivity index (χ1) is 8.15. The SMILES string of the molecule is CN(C)c1ccc(Nc2ccc(F)cc2)cc1. The van der Waals surface area contributed by atoms with Gasteiger partial charge in [0.05, 0.1) is 0 Å². The number of hydrogen-bond acceptors (Lipinski definition) is 2. The summed E-state index contributed by atoms with van der Waals surface area (Å²) < 4.78 is 12.7. The molecular weight excluding hydrogens is 215 g/mol. The lowest BCUT2D eigenvalue weighted by atomic mass is 10.2. The maximum absolute atomic E-state index is 12.7. The molecule has 0 atom stereocenters. The Labute approximate surface area is 101 Å². The van der Waals surface area contributed by atoms with Gasteiger partial charge in [0.1, 0.15) is 5.82 Å². The van der Waals surface area contributed by atoms with Gasteiger partial charge in [0.15, 0.2) is 0 Å². The Bertz CT molecular complexity index is 475. The molecule has 0 amide bonds. The Morgan fingerprint density at radius 1 is 0.824 bits per heavy atom. The summed E-state index contributed by atoms with van der Waals surface area (Å²) in [7, 11) is 4.00. The lowest BCUT2D eigenvalue weighted by Crippen LogP contribution is -2.08. The van der Waals surface area contributed by atoms with E-state index in [1.807, 2.05) is 43.3 Å². The molecular formula is C14H15FN2. The van der Waals surface area contributed by atoms with Gasteiger partial charge in [-0.3, -0.25) is 0 Å². The molecule has 3 heteroatoms. The summed E-state index contributed by atoms with van der Waals surface area (Å²) in [5.74, 6) is -0.224. The summed E-state index contributed by atoms with van der Waals surface area (Å²) in [6.45, 7) is 0. The van der Waals surface area contributed by atoms with Crippen LogP contribution in [0.25, 0.3) is 0 Å². The molecule has 0 unspecified atom stereocenters. The maximum atomic E-state index is 12.7. The van der Waals surface area contributed by atoms with Crippen LogP contribution in [0.1, 0.15) is 0 Å². The monoisotopic (exact) mass is 230 g/mol. The fraction of sp³-hybridized carbons (Fsp3) is 0.143. The van der Waals surface area contributed by atoms with Gasteiger partial charge in [-0.1, -0.05) is 0 Å². The van der Waals surface area contributed by atoms with E-state index in [4.69, 9.17) is 0 Å². The van der Waals surface area contributed by atoms with Gasteiger partial charge in [0.2, 0.25) is 0 Å². The molecule has 0 aliphatic heterocycles. The number of nitrogens with one attached hydrogen (secondary N) is 1.